The van der Waals surface area contributed by atoms with Gasteiger partial charge in [0.1, 0.15) is 5.75 Å². The molecule has 1 aromatic rings. The molecule has 0 aliphatic heterocycles. The highest BCUT2D eigenvalue weighted by molar-refractivity contribution is 5.20. The van der Waals surface area contributed by atoms with Gasteiger partial charge in [0, 0.05) is 13.1 Å². The van der Waals surface area contributed by atoms with Gasteiger partial charge in [0.05, 0.1) is 12.2 Å². The number of rotatable bonds is 8. The summed E-state index contributed by atoms with van der Waals surface area (Å²) in [4.78, 5) is 2.24. The minimum atomic E-state index is -0.629. The Hall–Kier alpha value is -1.06. The zero-order chi connectivity index (χ0) is 13.4. The molecule has 3 heteroatoms. The molecule has 0 amide bonds. The van der Waals surface area contributed by atoms with E-state index in [-0.39, 0.29) is 0 Å². The fourth-order valence-electron chi connectivity index (χ4n) is 1.89. The van der Waals surface area contributed by atoms with E-state index in [4.69, 9.17) is 4.74 Å². The molecule has 3 nitrogen and oxygen atoms in total. The van der Waals surface area contributed by atoms with Crippen molar-refractivity contribution in [3.05, 3.63) is 30.3 Å². The first-order chi connectivity index (χ1) is 8.51. The normalized spacial score (nSPS) is 11.8. The third-order valence-corrected chi connectivity index (χ3v) is 2.69. The number of nitrogens with zero attached hydrogens (tertiary/aromatic N) is 1. The number of ether oxygens (including phenoxy) is 1. The van der Waals surface area contributed by atoms with Crippen LogP contribution in [0.15, 0.2) is 30.3 Å². The van der Waals surface area contributed by atoms with E-state index in [9.17, 15) is 5.11 Å². The second-order valence-corrected chi connectivity index (χ2v) is 5.20. The van der Waals surface area contributed by atoms with Crippen LogP contribution in [-0.4, -0.2) is 41.8 Å². The number of aliphatic hydroxyl groups is 1. The van der Waals surface area contributed by atoms with Crippen LogP contribution in [0.2, 0.25) is 0 Å². The van der Waals surface area contributed by atoms with Gasteiger partial charge in [0.25, 0.3) is 0 Å². The number of likely N-dealkylation sites (N-methyl/N-ethyl adjacent to an activating group) is 1. The van der Waals surface area contributed by atoms with Crippen molar-refractivity contribution < 1.29 is 9.84 Å². The molecule has 0 fully saturated rings. The first-order valence-electron chi connectivity index (χ1n) is 6.64. The molecule has 0 aliphatic rings. The molecule has 0 saturated carbocycles. The average Bonchev–Trinajstić information content (AvgIpc) is 2.33. The van der Waals surface area contributed by atoms with Crippen molar-refractivity contribution in [2.75, 3.05) is 26.2 Å². The lowest BCUT2D eigenvalue weighted by atomic mass is 10.1. The van der Waals surface area contributed by atoms with Crippen LogP contribution in [0.1, 0.15) is 27.2 Å². The van der Waals surface area contributed by atoms with Crippen molar-refractivity contribution in [1.82, 2.24) is 4.90 Å². The van der Waals surface area contributed by atoms with Crippen LogP contribution in [0, 0.1) is 0 Å². The standard InChI is InChI=1S/C15H25NO2/c1-4-16(13-15(2,3)17)11-8-12-18-14-9-6-5-7-10-14/h5-7,9-10,17H,4,8,11-13H2,1-3H3. The van der Waals surface area contributed by atoms with Crippen LogP contribution in [0.5, 0.6) is 5.75 Å². The van der Waals surface area contributed by atoms with Gasteiger partial charge in [-0.15, -0.1) is 0 Å². The van der Waals surface area contributed by atoms with Gasteiger partial charge in [0.2, 0.25) is 0 Å². The molecule has 0 aliphatic carbocycles. The molecule has 0 heterocycles. The number of hydrogen-bond acceptors (Lipinski definition) is 3. The molecule has 0 aromatic heterocycles. The Kier molecular flexibility index (Phi) is 6.16. The van der Waals surface area contributed by atoms with Crippen molar-refractivity contribution in [3.8, 4) is 5.75 Å². The Balaban J connectivity index is 2.20. The fourth-order valence-corrected chi connectivity index (χ4v) is 1.89. The van der Waals surface area contributed by atoms with Crippen molar-refractivity contribution in [3.63, 3.8) is 0 Å². The van der Waals surface area contributed by atoms with Crippen LogP contribution < -0.4 is 4.74 Å². The molecule has 1 aromatic carbocycles. The Morgan fingerprint density at radius 2 is 1.89 bits per heavy atom. The SMILES string of the molecule is CCN(CCCOc1ccccc1)CC(C)(C)O. The van der Waals surface area contributed by atoms with Crippen LogP contribution >= 0.6 is 0 Å². The minimum Gasteiger partial charge on any atom is -0.494 e. The summed E-state index contributed by atoms with van der Waals surface area (Å²) in [5, 5.41) is 9.78. The minimum absolute atomic E-state index is 0.629. The second-order valence-electron chi connectivity index (χ2n) is 5.20. The first kappa shape index (κ1) is 15.0. The monoisotopic (exact) mass is 251 g/mol. The molecule has 0 atom stereocenters. The maximum Gasteiger partial charge on any atom is 0.119 e. The summed E-state index contributed by atoms with van der Waals surface area (Å²) < 4.78 is 5.64. The fraction of sp³-hybridized carbons (Fsp3) is 0.600. The molecule has 0 spiro atoms. The zero-order valence-electron chi connectivity index (χ0n) is 11.7. The van der Waals surface area contributed by atoms with Crippen molar-refractivity contribution in [2.45, 2.75) is 32.8 Å². The van der Waals surface area contributed by atoms with Crippen molar-refractivity contribution in [1.29, 1.82) is 0 Å². The molecular weight excluding hydrogens is 226 g/mol. The van der Waals surface area contributed by atoms with Gasteiger partial charge in [0.15, 0.2) is 0 Å². The summed E-state index contributed by atoms with van der Waals surface area (Å²) in [7, 11) is 0. The van der Waals surface area contributed by atoms with E-state index in [1.165, 1.54) is 0 Å². The highest BCUT2D eigenvalue weighted by atomic mass is 16.5. The topological polar surface area (TPSA) is 32.7 Å². The van der Waals surface area contributed by atoms with Crippen LogP contribution in [0.3, 0.4) is 0 Å². The number of para-hydroxylation sites is 1. The molecule has 0 saturated heterocycles. The maximum absolute atomic E-state index is 9.78. The molecule has 18 heavy (non-hydrogen) atoms. The van der Waals surface area contributed by atoms with E-state index in [1.54, 1.807) is 0 Å². The molecule has 0 bridgehead atoms. The van der Waals surface area contributed by atoms with Gasteiger partial charge >= 0.3 is 0 Å². The molecule has 0 unspecified atom stereocenters. The molecular formula is C15H25NO2. The number of hydrogen-bond donors (Lipinski definition) is 1. The number of benzene rings is 1. The summed E-state index contributed by atoms with van der Waals surface area (Å²) in [6.45, 7) is 9.12. The van der Waals surface area contributed by atoms with E-state index in [2.05, 4.69) is 11.8 Å². The van der Waals surface area contributed by atoms with E-state index in [0.29, 0.717) is 13.2 Å². The van der Waals surface area contributed by atoms with Crippen LogP contribution in [0.25, 0.3) is 0 Å². The van der Waals surface area contributed by atoms with Gasteiger partial charge in [-0.3, -0.25) is 0 Å². The Labute approximate surface area is 110 Å². The van der Waals surface area contributed by atoms with Crippen molar-refractivity contribution >= 4 is 0 Å². The van der Waals surface area contributed by atoms with Gasteiger partial charge < -0.3 is 14.7 Å². The van der Waals surface area contributed by atoms with E-state index in [0.717, 1.165) is 25.3 Å². The second kappa shape index (κ2) is 7.39. The van der Waals surface area contributed by atoms with Gasteiger partial charge in [-0.1, -0.05) is 25.1 Å². The average molecular weight is 251 g/mol. The van der Waals surface area contributed by atoms with E-state index in [1.807, 2.05) is 44.2 Å². The van der Waals surface area contributed by atoms with Gasteiger partial charge in [-0.25, -0.2) is 0 Å². The summed E-state index contributed by atoms with van der Waals surface area (Å²) >= 11 is 0. The molecule has 0 radical (unpaired) electrons. The Morgan fingerprint density at radius 1 is 1.22 bits per heavy atom. The highest BCUT2D eigenvalue weighted by Gasteiger charge is 2.16. The van der Waals surface area contributed by atoms with Gasteiger partial charge in [-0.05, 0) is 38.9 Å². The maximum atomic E-state index is 9.78. The lowest BCUT2D eigenvalue weighted by Gasteiger charge is -2.27. The van der Waals surface area contributed by atoms with E-state index < -0.39 is 5.60 Å². The summed E-state index contributed by atoms with van der Waals surface area (Å²) in [5.74, 6) is 0.919. The summed E-state index contributed by atoms with van der Waals surface area (Å²) in [6, 6.07) is 9.86. The molecule has 102 valence electrons. The third-order valence-electron chi connectivity index (χ3n) is 2.69. The lowest BCUT2D eigenvalue weighted by molar-refractivity contribution is 0.0364. The summed E-state index contributed by atoms with van der Waals surface area (Å²) in [6.07, 6.45) is 0.971. The van der Waals surface area contributed by atoms with Crippen LogP contribution in [0.4, 0.5) is 0 Å². The summed E-state index contributed by atoms with van der Waals surface area (Å²) in [5.41, 5.74) is -0.629. The first-order valence-corrected chi connectivity index (χ1v) is 6.64. The molecule has 1 N–H and O–H groups in total. The zero-order valence-corrected chi connectivity index (χ0v) is 11.7. The van der Waals surface area contributed by atoms with Crippen molar-refractivity contribution in [2.24, 2.45) is 0 Å². The third kappa shape index (κ3) is 6.62. The van der Waals surface area contributed by atoms with E-state index >= 15 is 0 Å². The van der Waals surface area contributed by atoms with Crippen LogP contribution in [-0.2, 0) is 0 Å². The Morgan fingerprint density at radius 3 is 2.44 bits per heavy atom. The largest absolute Gasteiger partial charge is 0.494 e. The smallest absolute Gasteiger partial charge is 0.119 e. The Bertz CT molecular complexity index is 319. The predicted molar refractivity (Wildman–Crippen MR) is 75.0 cm³/mol. The lowest BCUT2D eigenvalue weighted by Crippen LogP contribution is -2.39. The van der Waals surface area contributed by atoms with Gasteiger partial charge in [-0.2, -0.15) is 0 Å². The molecule has 1 rings (SSSR count). The highest BCUT2D eigenvalue weighted by Crippen LogP contribution is 2.09. The predicted octanol–water partition coefficient (Wildman–Crippen LogP) is 2.55. The quantitative estimate of drug-likeness (QED) is 0.721.